The molecule has 4 rings (SSSR count). The number of nitrogens with one attached hydrogen (secondary N) is 1. The Balaban J connectivity index is 1.49. The Labute approximate surface area is 232 Å². The zero-order valence-corrected chi connectivity index (χ0v) is 23.0. The van der Waals surface area contributed by atoms with Gasteiger partial charge in [-0.05, 0) is 24.1 Å². The van der Waals surface area contributed by atoms with Crippen LogP contribution in [0.15, 0.2) is 59.3 Å². The molecule has 0 spiro atoms. The molecule has 2 amide bonds. The molecule has 2 aromatic heterocycles. The Morgan fingerprint density at radius 2 is 1.85 bits per heavy atom. The molecule has 0 radical (unpaired) electrons. The predicted molar refractivity (Wildman–Crippen MR) is 144 cm³/mol. The number of benzene rings is 1. The number of hydrogen-bond acceptors (Lipinski definition) is 10. The van der Waals surface area contributed by atoms with Crippen LogP contribution in [-0.4, -0.2) is 83.5 Å². The summed E-state index contributed by atoms with van der Waals surface area (Å²) in [5, 5.41) is 21.5. The van der Waals surface area contributed by atoms with E-state index in [1.54, 1.807) is 60.5 Å². The monoisotopic (exact) mass is 571 g/mol. The first kappa shape index (κ1) is 29.3. The fourth-order valence-corrected chi connectivity index (χ4v) is 6.11. The number of aliphatic hydroxyl groups is 1. The average Bonchev–Trinajstić information content (AvgIpc) is 3.47. The van der Waals surface area contributed by atoms with E-state index in [0.29, 0.717) is 37.4 Å². The minimum atomic E-state index is -3.76. The number of amides is 2. The van der Waals surface area contributed by atoms with Crippen LogP contribution in [0.3, 0.4) is 0 Å². The molecule has 2 N–H and O–H groups in total. The number of ether oxygens (including phenoxy) is 1. The first-order chi connectivity index (χ1) is 19.3. The summed E-state index contributed by atoms with van der Waals surface area (Å²) in [7, 11) is -3.76. The van der Waals surface area contributed by atoms with Gasteiger partial charge in [0.2, 0.25) is 23.6 Å². The molecule has 3 atom stereocenters. The van der Waals surface area contributed by atoms with Crippen LogP contribution in [0.4, 0.5) is 0 Å². The van der Waals surface area contributed by atoms with Gasteiger partial charge in [0, 0.05) is 31.9 Å². The third-order valence-electron chi connectivity index (χ3n) is 6.59. The summed E-state index contributed by atoms with van der Waals surface area (Å²) < 4.78 is 37.1. The fourth-order valence-electron chi connectivity index (χ4n) is 4.41. The Kier molecular flexibility index (Phi) is 9.96. The van der Waals surface area contributed by atoms with Gasteiger partial charge in [-0.2, -0.15) is 0 Å². The van der Waals surface area contributed by atoms with Gasteiger partial charge in [-0.25, -0.2) is 8.42 Å². The molecule has 1 saturated heterocycles. The van der Waals surface area contributed by atoms with Gasteiger partial charge in [0.25, 0.3) is 0 Å². The SMILES string of the molecule is CCC(NC(=O)C(CC(=O)N1CCOCC1)CS(=O)(=O)Cc1ccccc1)C(O)c1nnc(-c2cccnc2)o1. The van der Waals surface area contributed by atoms with Crippen LogP contribution in [0.5, 0.6) is 0 Å². The number of carbonyl (C=O) groups excluding carboxylic acids is 2. The lowest BCUT2D eigenvalue weighted by Gasteiger charge is -2.29. The highest BCUT2D eigenvalue weighted by Crippen LogP contribution is 2.24. The number of morpholine rings is 1. The van der Waals surface area contributed by atoms with Gasteiger partial charge < -0.3 is 24.5 Å². The molecule has 0 aliphatic carbocycles. The number of aromatic nitrogens is 3. The first-order valence-electron chi connectivity index (χ1n) is 13.1. The lowest BCUT2D eigenvalue weighted by Crippen LogP contribution is -2.47. The van der Waals surface area contributed by atoms with Crippen LogP contribution >= 0.6 is 0 Å². The van der Waals surface area contributed by atoms with Gasteiger partial charge in [-0.15, -0.1) is 10.2 Å². The first-order valence-corrected chi connectivity index (χ1v) is 14.9. The van der Waals surface area contributed by atoms with Crippen LogP contribution in [0.25, 0.3) is 11.5 Å². The van der Waals surface area contributed by atoms with Crippen molar-refractivity contribution >= 4 is 21.7 Å². The minimum Gasteiger partial charge on any atom is -0.418 e. The van der Waals surface area contributed by atoms with Gasteiger partial charge in [-0.1, -0.05) is 37.3 Å². The van der Waals surface area contributed by atoms with Crippen molar-refractivity contribution in [1.29, 1.82) is 0 Å². The van der Waals surface area contributed by atoms with Crippen molar-refractivity contribution in [2.75, 3.05) is 32.1 Å². The lowest BCUT2D eigenvalue weighted by molar-refractivity contribution is -0.139. The number of hydrogen-bond donors (Lipinski definition) is 2. The highest BCUT2D eigenvalue weighted by molar-refractivity contribution is 7.90. The molecule has 1 fully saturated rings. The molecule has 12 nitrogen and oxygen atoms in total. The Bertz CT molecular complexity index is 1360. The van der Waals surface area contributed by atoms with E-state index in [0.717, 1.165) is 0 Å². The van der Waals surface area contributed by atoms with E-state index < -0.39 is 39.6 Å². The largest absolute Gasteiger partial charge is 0.418 e. The molecule has 3 heterocycles. The van der Waals surface area contributed by atoms with Crippen LogP contribution in [0.2, 0.25) is 0 Å². The number of pyridine rings is 1. The molecule has 13 heteroatoms. The second kappa shape index (κ2) is 13.6. The lowest BCUT2D eigenvalue weighted by atomic mass is 10.0. The van der Waals surface area contributed by atoms with Crippen LogP contribution in [0, 0.1) is 5.92 Å². The van der Waals surface area contributed by atoms with Gasteiger partial charge >= 0.3 is 0 Å². The van der Waals surface area contributed by atoms with Crippen LogP contribution in [-0.2, 0) is 29.9 Å². The molecular formula is C27H33N5O7S. The number of aliphatic hydroxyl groups excluding tert-OH is 1. The zero-order chi connectivity index (χ0) is 28.5. The maximum Gasteiger partial charge on any atom is 0.249 e. The molecule has 3 unspecified atom stereocenters. The molecule has 40 heavy (non-hydrogen) atoms. The van der Waals surface area contributed by atoms with Crippen molar-refractivity contribution in [3.8, 4) is 11.5 Å². The zero-order valence-electron chi connectivity index (χ0n) is 22.2. The van der Waals surface area contributed by atoms with E-state index >= 15 is 0 Å². The van der Waals surface area contributed by atoms with E-state index in [-0.39, 0.29) is 36.3 Å². The fraction of sp³-hybridized carbons (Fsp3) is 0.444. The highest BCUT2D eigenvalue weighted by Gasteiger charge is 2.34. The van der Waals surface area contributed by atoms with Gasteiger partial charge in [0.05, 0.1) is 42.2 Å². The maximum atomic E-state index is 13.5. The summed E-state index contributed by atoms with van der Waals surface area (Å²) in [6, 6.07) is 11.2. The summed E-state index contributed by atoms with van der Waals surface area (Å²) in [5.41, 5.74) is 1.15. The van der Waals surface area contributed by atoms with E-state index in [9.17, 15) is 23.1 Å². The smallest absolute Gasteiger partial charge is 0.249 e. The van der Waals surface area contributed by atoms with Gasteiger partial charge in [-0.3, -0.25) is 14.6 Å². The third kappa shape index (κ3) is 7.93. The second-order valence-corrected chi connectivity index (χ2v) is 11.7. The van der Waals surface area contributed by atoms with E-state index in [4.69, 9.17) is 9.15 Å². The van der Waals surface area contributed by atoms with Gasteiger partial charge in [0.15, 0.2) is 15.9 Å². The van der Waals surface area contributed by atoms with E-state index in [2.05, 4.69) is 20.5 Å². The van der Waals surface area contributed by atoms with Crippen molar-refractivity contribution in [2.45, 2.75) is 37.7 Å². The Morgan fingerprint density at radius 1 is 1.10 bits per heavy atom. The van der Waals surface area contributed by atoms with Gasteiger partial charge in [0.1, 0.15) is 0 Å². The molecule has 214 valence electrons. The molecular weight excluding hydrogens is 538 g/mol. The summed E-state index contributed by atoms with van der Waals surface area (Å²) >= 11 is 0. The number of nitrogens with zero attached hydrogens (tertiary/aromatic N) is 4. The molecule has 0 bridgehead atoms. The van der Waals surface area contributed by atoms with Crippen LogP contribution in [0.1, 0.15) is 37.3 Å². The molecule has 0 saturated carbocycles. The topological polar surface area (TPSA) is 165 Å². The van der Waals surface area contributed by atoms with Crippen molar-refractivity contribution in [3.63, 3.8) is 0 Å². The quantitative estimate of drug-likeness (QED) is 0.326. The summed E-state index contributed by atoms with van der Waals surface area (Å²) in [6.07, 6.45) is 1.76. The predicted octanol–water partition coefficient (Wildman–Crippen LogP) is 1.54. The third-order valence-corrected chi connectivity index (χ3v) is 8.27. The van der Waals surface area contributed by atoms with E-state index in [1.807, 2.05) is 0 Å². The molecule has 1 aliphatic heterocycles. The summed E-state index contributed by atoms with van der Waals surface area (Å²) in [5.74, 6) is -2.89. The molecule has 1 aliphatic rings. The molecule has 1 aromatic carbocycles. The van der Waals surface area contributed by atoms with Crippen molar-refractivity contribution < 1.29 is 32.3 Å². The van der Waals surface area contributed by atoms with Crippen molar-refractivity contribution in [2.24, 2.45) is 5.92 Å². The minimum absolute atomic E-state index is 0.108. The van der Waals surface area contributed by atoms with Crippen molar-refractivity contribution in [3.05, 3.63) is 66.3 Å². The number of carbonyl (C=O) groups is 2. The normalized spacial score (nSPS) is 16.2. The summed E-state index contributed by atoms with van der Waals surface area (Å²) in [6.45, 7) is 3.24. The molecule has 3 aromatic rings. The standard InChI is InChI=1S/C27H33N5O7S/c1-2-22(24(34)27-31-30-26(39-27)20-9-6-10-28-16-20)29-25(35)21(15-23(33)32-11-13-38-14-12-32)18-40(36,37)17-19-7-4-3-5-8-19/h3-10,16,21-22,24,34H,2,11-15,17-18H2,1H3,(H,29,35). The second-order valence-electron chi connectivity index (χ2n) is 9.59. The highest BCUT2D eigenvalue weighted by atomic mass is 32.2. The number of sulfone groups is 1. The average molecular weight is 572 g/mol. The summed E-state index contributed by atoms with van der Waals surface area (Å²) in [4.78, 5) is 32.1. The van der Waals surface area contributed by atoms with E-state index in [1.165, 1.54) is 6.20 Å². The Hall–Kier alpha value is -3.68. The van der Waals surface area contributed by atoms with Crippen molar-refractivity contribution in [1.82, 2.24) is 25.4 Å². The van der Waals surface area contributed by atoms with Crippen LogP contribution < -0.4 is 5.32 Å². The Morgan fingerprint density at radius 3 is 2.52 bits per heavy atom. The number of rotatable bonds is 12. The maximum absolute atomic E-state index is 13.5.